The molecule has 0 radical (unpaired) electrons. The highest BCUT2D eigenvalue weighted by Gasteiger charge is 2.15. The summed E-state index contributed by atoms with van der Waals surface area (Å²) >= 11 is 0. The smallest absolute Gasteiger partial charge is 0.314 e. The number of hydrogen-bond donors (Lipinski definition) is 4. The van der Waals surface area contributed by atoms with Crippen LogP contribution in [-0.2, 0) is 14.8 Å². The second-order valence-corrected chi connectivity index (χ2v) is 7.49. The highest BCUT2D eigenvalue weighted by atomic mass is 32.2. The third kappa shape index (κ3) is 3.99. The van der Waals surface area contributed by atoms with Crippen molar-refractivity contribution in [1.29, 1.82) is 0 Å². The minimum absolute atomic E-state index is 0.132. The summed E-state index contributed by atoms with van der Waals surface area (Å²) in [5.74, 6) is -1.22. The zero-order chi connectivity index (χ0) is 20.5. The Hall–Kier alpha value is -3.73. The van der Waals surface area contributed by atoms with Crippen molar-refractivity contribution >= 4 is 38.6 Å². The van der Waals surface area contributed by atoms with Gasteiger partial charge in [-0.15, -0.1) is 0 Å². The van der Waals surface area contributed by atoms with Crippen LogP contribution in [0.3, 0.4) is 0 Å². The molecule has 144 valence electrons. The SMILES string of the molecule is CC(=O)NS(=O)(=O)c1ccc(NC(=O)c2ccc3[nH]c(=O)c(=O)[nH]c3c2)cc1. The Labute approximate surface area is 157 Å². The van der Waals surface area contributed by atoms with Crippen molar-refractivity contribution in [2.75, 3.05) is 5.32 Å². The molecule has 0 bridgehead atoms. The third-order valence-corrected chi connectivity index (χ3v) is 5.13. The summed E-state index contributed by atoms with van der Waals surface area (Å²) in [7, 11) is -3.96. The van der Waals surface area contributed by atoms with Gasteiger partial charge in [0.1, 0.15) is 0 Å². The molecule has 2 amide bonds. The molecule has 28 heavy (non-hydrogen) atoms. The molecule has 2 aromatic carbocycles. The summed E-state index contributed by atoms with van der Waals surface area (Å²) in [4.78, 5) is 50.7. The lowest BCUT2D eigenvalue weighted by molar-refractivity contribution is -0.117. The maximum atomic E-state index is 12.4. The predicted octanol–water partition coefficient (Wildman–Crippen LogP) is 0.293. The molecule has 0 aliphatic heterocycles. The zero-order valence-corrected chi connectivity index (χ0v) is 15.2. The minimum Gasteiger partial charge on any atom is -0.322 e. The number of carbonyl (C=O) groups is 2. The quantitative estimate of drug-likeness (QED) is 0.459. The minimum atomic E-state index is -3.96. The normalized spacial score (nSPS) is 11.2. The van der Waals surface area contributed by atoms with Crippen LogP contribution >= 0.6 is 0 Å². The molecular formula is C17H14N4O6S. The first-order chi connectivity index (χ1) is 13.2. The van der Waals surface area contributed by atoms with Gasteiger partial charge >= 0.3 is 11.1 Å². The standard InChI is InChI=1S/C17H14N4O6S/c1-9(22)21-28(26,27)12-5-3-11(4-6-12)18-15(23)10-2-7-13-14(8-10)20-17(25)16(24)19-13/h2-8H,1H3,(H,18,23)(H,19,24)(H,20,25)(H,21,22). The van der Waals surface area contributed by atoms with E-state index in [1.54, 1.807) is 0 Å². The summed E-state index contributed by atoms with van der Waals surface area (Å²) in [6.45, 7) is 1.08. The van der Waals surface area contributed by atoms with Gasteiger partial charge in [-0.1, -0.05) is 0 Å². The van der Waals surface area contributed by atoms with E-state index in [4.69, 9.17) is 0 Å². The van der Waals surface area contributed by atoms with Crippen molar-refractivity contribution in [2.45, 2.75) is 11.8 Å². The molecule has 0 aliphatic carbocycles. The molecule has 0 fully saturated rings. The van der Waals surface area contributed by atoms with Gasteiger partial charge in [0.2, 0.25) is 5.91 Å². The Balaban J connectivity index is 1.82. The Morgan fingerprint density at radius 2 is 1.50 bits per heavy atom. The van der Waals surface area contributed by atoms with Gasteiger partial charge in [-0.05, 0) is 42.5 Å². The Morgan fingerprint density at radius 3 is 2.11 bits per heavy atom. The molecule has 0 unspecified atom stereocenters. The van der Waals surface area contributed by atoms with Gasteiger partial charge in [-0.2, -0.15) is 0 Å². The number of hydrogen-bond acceptors (Lipinski definition) is 6. The molecule has 1 aromatic heterocycles. The van der Waals surface area contributed by atoms with Crippen molar-refractivity contribution in [3.05, 3.63) is 68.7 Å². The van der Waals surface area contributed by atoms with E-state index in [-0.39, 0.29) is 16.0 Å². The van der Waals surface area contributed by atoms with Gasteiger partial charge in [0.15, 0.2) is 0 Å². The first-order valence-corrected chi connectivity index (χ1v) is 9.35. The summed E-state index contributed by atoms with van der Waals surface area (Å²) < 4.78 is 25.6. The number of nitrogens with one attached hydrogen (secondary N) is 4. The molecule has 4 N–H and O–H groups in total. The number of aromatic amines is 2. The maximum absolute atomic E-state index is 12.4. The van der Waals surface area contributed by atoms with Crippen LogP contribution in [0.4, 0.5) is 5.69 Å². The van der Waals surface area contributed by atoms with E-state index in [9.17, 15) is 27.6 Å². The number of amides is 2. The van der Waals surface area contributed by atoms with E-state index in [1.807, 2.05) is 4.72 Å². The number of H-pyrrole nitrogens is 2. The molecule has 1 heterocycles. The van der Waals surface area contributed by atoms with E-state index in [1.165, 1.54) is 42.5 Å². The largest absolute Gasteiger partial charge is 0.322 e. The van der Waals surface area contributed by atoms with Crippen LogP contribution in [0.1, 0.15) is 17.3 Å². The topological polar surface area (TPSA) is 158 Å². The zero-order valence-electron chi connectivity index (χ0n) is 14.4. The molecule has 3 aromatic rings. The van der Waals surface area contributed by atoms with Gasteiger partial charge in [-0.3, -0.25) is 19.2 Å². The fraction of sp³-hybridized carbons (Fsp3) is 0.0588. The Kier molecular flexibility index (Phi) is 4.84. The summed E-state index contributed by atoms with van der Waals surface area (Å²) in [5, 5.41) is 2.58. The first kappa shape index (κ1) is 19.0. The Bertz CT molecular complexity index is 1310. The number of benzene rings is 2. The van der Waals surface area contributed by atoms with Gasteiger partial charge < -0.3 is 15.3 Å². The van der Waals surface area contributed by atoms with Crippen molar-refractivity contribution in [2.24, 2.45) is 0 Å². The number of fused-ring (bicyclic) bond motifs is 1. The van der Waals surface area contributed by atoms with Gasteiger partial charge in [0, 0.05) is 18.2 Å². The van der Waals surface area contributed by atoms with Gasteiger partial charge in [-0.25, -0.2) is 13.1 Å². The fourth-order valence-corrected chi connectivity index (χ4v) is 3.42. The van der Waals surface area contributed by atoms with Crippen LogP contribution < -0.4 is 21.2 Å². The van der Waals surface area contributed by atoms with E-state index in [0.29, 0.717) is 11.2 Å². The number of carbonyl (C=O) groups excluding carboxylic acids is 2. The van der Waals surface area contributed by atoms with Crippen LogP contribution in [0.5, 0.6) is 0 Å². The van der Waals surface area contributed by atoms with Crippen molar-refractivity contribution < 1.29 is 18.0 Å². The van der Waals surface area contributed by atoms with Crippen LogP contribution in [0.15, 0.2) is 56.9 Å². The molecule has 3 rings (SSSR count). The fourth-order valence-electron chi connectivity index (χ4n) is 2.42. The number of anilines is 1. The molecule has 0 saturated heterocycles. The van der Waals surface area contributed by atoms with Crippen LogP contribution in [0.2, 0.25) is 0 Å². The van der Waals surface area contributed by atoms with Crippen LogP contribution in [0.25, 0.3) is 11.0 Å². The second-order valence-electron chi connectivity index (χ2n) is 5.81. The van der Waals surface area contributed by atoms with E-state index >= 15 is 0 Å². The van der Waals surface area contributed by atoms with Crippen molar-refractivity contribution in [1.82, 2.24) is 14.7 Å². The lowest BCUT2D eigenvalue weighted by Crippen LogP contribution is -2.29. The third-order valence-electron chi connectivity index (χ3n) is 3.68. The van der Waals surface area contributed by atoms with Gasteiger partial charge in [0.05, 0.1) is 15.9 Å². The monoisotopic (exact) mass is 402 g/mol. The number of rotatable bonds is 4. The van der Waals surface area contributed by atoms with Crippen LogP contribution in [0, 0.1) is 0 Å². The van der Waals surface area contributed by atoms with Gasteiger partial charge in [0.25, 0.3) is 15.9 Å². The maximum Gasteiger partial charge on any atom is 0.314 e. The van der Waals surface area contributed by atoms with E-state index in [0.717, 1.165) is 6.92 Å². The molecule has 0 spiro atoms. The predicted molar refractivity (Wildman–Crippen MR) is 101 cm³/mol. The molecular weight excluding hydrogens is 388 g/mol. The molecule has 0 saturated carbocycles. The lowest BCUT2D eigenvalue weighted by atomic mass is 10.1. The second kappa shape index (κ2) is 7.12. The van der Waals surface area contributed by atoms with Crippen LogP contribution in [-0.4, -0.2) is 30.2 Å². The average molecular weight is 402 g/mol. The first-order valence-electron chi connectivity index (χ1n) is 7.87. The van der Waals surface area contributed by atoms with Crippen molar-refractivity contribution in [3.8, 4) is 0 Å². The van der Waals surface area contributed by atoms with E-state index in [2.05, 4.69) is 15.3 Å². The summed E-state index contributed by atoms with van der Waals surface area (Å²) in [5.41, 5.74) is -0.435. The lowest BCUT2D eigenvalue weighted by Gasteiger charge is -2.08. The molecule has 0 atom stereocenters. The Morgan fingerprint density at radius 1 is 0.893 bits per heavy atom. The van der Waals surface area contributed by atoms with E-state index < -0.39 is 33.0 Å². The average Bonchev–Trinajstić information content (AvgIpc) is 2.61. The highest BCUT2D eigenvalue weighted by molar-refractivity contribution is 7.90. The number of sulfonamides is 1. The molecule has 0 aliphatic rings. The molecule has 10 nitrogen and oxygen atoms in total. The molecule has 11 heteroatoms. The number of aromatic nitrogens is 2. The van der Waals surface area contributed by atoms with Crippen molar-refractivity contribution in [3.63, 3.8) is 0 Å². The summed E-state index contributed by atoms with van der Waals surface area (Å²) in [6, 6.07) is 9.55. The summed E-state index contributed by atoms with van der Waals surface area (Å²) in [6.07, 6.45) is 0. The highest BCUT2D eigenvalue weighted by Crippen LogP contribution is 2.16.